The van der Waals surface area contributed by atoms with Gasteiger partial charge in [0.15, 0.2) is 0 Å². The van der Waals surface area contributed by atoms with E-state index in [0.717, 1.165) is 5.69 Å². The molecule has 0 fully saturated rings. The van der Waals surface area contributed by atoms with E-state index in [-0.39, 0.29) is 0 Å². The van der Waals surface area contributed by atoms with Gasteiger partial charge in [0.2, 0.25) is 0 Å². The number of carbonyl (C=O) groups excluding carboxylic acids is 1. The van der Waals surface area contributed by atoms with Gasteiger partial charge in [-0.15, -0.1) is 0 Å². The first kappa shape index (κ1) is 10.4. The summed E-state index contributed by atoms with van der Waals surface area (Å²) in [5, 5.41) is 3.16. The van der Waals surface area contributed by atoms with E-state index < -0.39 is 5.91 Å². The number of primary amides is 1. The molecular weight excluding hydrogens is 178 g/mol. The van der Waals surface area contributed by atoms with Crippen molar-refractivity contribution in [2.24, 2.45) is 5.73 Å². The van der Waals surface area contributed by atoms with Gasteiger partial charge in [-0.2, -0.15) is 0 Å². The lowest BCUT2D eigenvalue weighted by Crippen LogP contribution is -2.15. The highest BCUT2D eigenvalue weighted by Crippen LogP contribution is 2.17. The third-order valence-electron chi connectivity index (χ3n) is 1.77. The fraction of sp³-hybridized carbons (Fsp3) is 0.300. The molecular formula is C10H15N3O. The SMILES string of the molecule is CC(C)Nc1ccc(N)c(C(N)=O)c1. The lowest BCUT2D eigenvalue weighted by Gasteiger charge is -2.11. The fourth-order valence-corrected chi connectivity index (χ4v) is 1.19. The van der Waals surface area contributed by atoms with Crippen LogP contribution in [0, 0.1) is 0 Å². The average molecular weight is 193 g/mol. The van der Waals surface area contributed by atoms with E-state index in [1.165, 1.54) is 0 Å². The van der Waals surface area contributed by atoms with Gasteiger partial charge in [-0.05, 0) is 32.0 Å². The summed E-state index contributed by atoms with van der Waals surface area (Å²) in [6.07, 6.45) is 0. The van der Waals surface area contributed by atoms with Crippen molar-refractivity contribution in [1.82, 2.24) is 0 Å². The topological polar surface area (TPSA) is 81.1 Å². The number of nitrogens with one attached hydrogen (secondary N) is 1. The first-order valence-electron chi connectivity index (χ1n) is 4.46. The van der Waals surface area contributed by atoms with Gasteiger partial charge in [-0.1, -0.05) is 0 Å². The summed E-state index contributed by atoms with van der Waals surface area (Å²) < 4.78 is 0. The lowest BCUT2D eigenvalue weighted by molar-refractivity contribution is 0.100. The Bertz CT molecular complexity index is 347. The molecule has 0 aliphatic rings. The molecule has 5 N–H and O–H groups in total. The summed E-state index contributed by atoms with van der Waals surface area (Å²) in [6, 6.07) is 5.46. The molecule has 14 heavy (non-hydrogen) atoms. The molecule has 0 saturated heterocycles. The molecule has 0 aliphatic heterocycles. The molecule has 1 amide bonds. The molecule has 0 atom stereocenters. The Morgan fingerprint density at radius 3 is 2.57 bits per heavy atom. The molecule has 0 unspecified atom stereocenters. The summed E-state index contributed by atoms with van der Waals surface area (Å²) in [5.41, 5.74) is 12.4. The number of amides is 1. The van der Waals surface area contributed by atoms with Crippen molar-refractivity contribution in [2.45, 2.75) is 19.9 Å². The molecule has 1 rings (SSSR count). The summed E-state index contributed by atoms with van der Waals surface area (Å²) in [5.74, 6) is -0.505. The van der Waals surface area contributed by atoms with Gasteiger partial charge in [0.1, 0.15) is 0 Å². The second kappa shape index (κ2) is 4.00. The van der Waals surface area contributed by atoms with Gasteiger partial charge in [0.25, 0.3) is 5.91 Å². The van der Waals surface area contributed by atoms with Crippen LogP contribution in [-0.2, 0) is 0 Å². The summed E-state index contributed by atoms with van der Waals surface area (Å²) >= 11 is 0. The van der Waals surface area contributed by atoms with Gasteiger partial charge in [0.05, 0.1) is 5.56 Å². The molecule has 0 bridgehead atoms. The summed E-state index contributed by atoms with van der Waals surface area (Å²) in [6.45, 7) is 4.03. The van der Waals surface area contributed by atoms with E-state index in [4.69, 9.17) is 11.5 Å². The molecule has 0 spiro atoms. The van der Waals surface area contributed by atoms with Gasteiger partial charge >= 0.3 is 0 Å². The Labute approximate surface area is 83.3 Å². The van der Waals surface area contributed by atoms with Gasteiger partial charge < -0.3 is 16.8 Å². The van der Waals surface area contributed by atoms with E-state index in [9.17, 15) is 4.79 Å². The zero-order valence-corrected chi connectivity index (χ0v) is 8.37. The van der Waals surface area contributed by atoms with Gasteiger partial charge in [-0.25, -0.2) is 0 Å². The molecule has 0 radical (unpaired) electrons. The first-order chi connectivity index (χ1) is 6.50. The van der Waals surface area contributed by atoms with Crippen LogP contribution in [0.2, 0.25) is 0 Å². The van der Waals surface area contributed by atoms with Crippen molar-refractivity contribution in [1.29, 1.82) is 0 Å². The zero-order valence-electron chi connectivity index (χ0n) is 8.37. The van der Waals surface area contributed by atoms with Crippen LogP contribution in [0.5, 0.6) is 0 Å². The van der Waals surface area contributed by atoms with E-state index in [0.29, 0.717) is 17.3 Å². The summed E-state index contributed by atoms with van der Waals surface area (Å²) in [4.78, 5) is 11.0. The number of rotatable bonds is 3. The minimum absolute atomic E-state index is 0.305. The highest BCUT2D eigenvalue weighted by Gasteiger charge is 2.06. The predicted octanol–water partition coefficient (Wildman–Crippen LogP) is 1.19. The Morgan fingerprint density at radius 1 is 1.43 bits per heavy atom. The fourth-order valence-electron chi connectivity index (χ4n) is 1.19. The number of nitrogen functional groups attached to an aromatic ring is 1. The van der Waals surface area contributed by atoms with Crippen LogP contribution in [0.3, 0.4) is 0 Å². The number of benzene rings is 1. The van der Waals surface area contributed by atoms with Crippen molar-refractivity contribution in [2.75, 3.05) is 11.1 Å². The normalized spacial score (nSPS) is 10.2. The molecule has 0 saturated carbocycles. The van der Waals surface area contributed by atoms with Crippen LogP contribution in [0.4, 0.5) is 11.4 Å². The second-order valence-electron chi connectivity index (χ2n) is 3.47. The Kier molecular flexibility index (Phi) is 2.96. The first-order valence-corrected chi connectivity index (χ1v) is 4.46. The van der Waals surface area contributed by atoms with Crippen LogP contribution in [-0.4, -0.2) is 11.9 Å². The van der Waals surface area contributed by atoms with Crippen LogP contribution < -0.4 is 16.8 Å². The molecule has 0 aromatic heterocycles. The highest BCUT2D eigenvalue weighted by atomic mass is 16.1. The molecule has 1 aromatic carbocycles. The predicted molar refractivity (Wildman–Crippen MR) is 58.1 cm³/mol. The molecule has 1 aromatic rings. The van der Waals surface area contributed by atoms with Crippen molar-refractivity contribution < 1.29 is 4.79 Å². The van der Waals surface area contributed by atoms with Crippen molar-refractivity contribution in [3.63, 3.8) is 0 Å². The van der Waals surface area contributed by atoms with Crippen LogP contribution >= 0.6 is 0 Å². The number of carbonyl (C=O) groups is 1. The van der Waals surface area contributed by atoms with Crippen LogP contribution in [0.25, 0.3) is 0 Å². The number of anilines is 2. The molecule has 0 heterocycles. The third kappa shape index (κ3) is 2.39. The van der Waals surface area contributed by atoms with Gasteiger partial charge in [-0.3, -0.25) is 4.79 Å². The number of hydrogen-bond acceptors (Lipinski definition) is 3. The Hall–Kier alpha value is -1.71. The second-order valence-corrected chi connectivity index (χ2v) is 3.47. The number of nitrogens with two attached hydrogens (primary N) is 2. The van der Waals surface area contributed by atoms with E-state index in [1.807, 2.05) is 19.9 Å². The maximum absolute atomic E-state index is 11.0. The molecule has 4 heteroatoms. The lowest BCUT2D eigenvalue weighted by atomic mass is 10.1. The maximum atomic E-state index is 11.0. The van der Waals surface area contributed by atoms with E-state index in [1.54, 1.807) is 12.1 Å². The van der Waals surface area contributed by atoms with Gasteiger partial charge in [0, 0.05) is 17.4 Å². The molecule has 4 nitrogen and oxygen atoms in total. The Balaban J connectivity index is 3.00. The molecule has 0 aliphatic carbocycles. The van der Waals surface area contributed by atoms with Crippen LogP contribution in [0.15, 0.2) is 18.2 Å². The summed E-state index contributed by atoms with van der Waals surface area (Å²) in [7, 11) is 0. The highest BCUT2D eigenvalue weighted by molar-refractivity contribution is 5.98. The van der Waals surface area contributed by atoms with Crippen molar-refractivity contribution in [3.8, 4) is 0 Å². The Morgan fingerprint density at radius 2 is 2.07 bits per heavy atom. The smallest absolute Gasteiger partial charge is 0.250 e. The average Bonchev–Trinajstić information content (AvgIpc) is 2.07. The van der Waals surface area contributed by atoms with Crippen LogP contribution in [0.1, 0.15) is 24.2 Å². The van der Waals surface area contributed by atoms with E-state index >= 15 is 0 Å². The minimum atomic E-state index is -0.505. The zero-order chi connectivity index (χ0) is 10.7. The van der Waals surface area contributed by atoms with E-state index in [2.05, 4.69) is 5.32 Å². The minimum Gasteiger partial charge on any atom is -0.398 e. The molecule has 76 valence electrons. The quantitative estimate of drug-likeness (QED) is 0.631. The standard InChI is InChI=1S/C10H15N3O/c1-6(2)13-7-3-4-9(11)8(5-7)10(12)14/h3-6,13H,11H2,1-2H3,(H2,12,14). The largest absolute Gasteiger partial charge is 0.398 e. The monoisotopic (exact) mass is 193 g/mol. The maximum Gasteiger partial charge on any atom is 0.250 e. The number of hydrogen-bond donors (Lipinski definition) is 3. The van der Waals surface area contributed by atoms with Crippen molar-refractivity contribution in [3.05, 3.63) is 23.8 Å². The van der Waals surface area contributed by atoms with Crippen molar-refractivity contribution >= 4 is 17.3 Å². The third-order valence-corrected chi connectivity index (χ3v) is 1.77.